The van der Waals surface area contributed by atoms with Crippen LogP contribution in [0.1, 0.15) is 50.4 Å². The van der Waals surface area contributed by atoms with Gasteiger partial charge in [0.05, 0.1) is 0 Å². The highest BCUT2D eigenvalue weighted by Crippen LogP contribution is 2.22. The second kappa shape index (κ2) is 10.8. The number of nitrogens with zero attached hydrogens (tertiary/aromatic N) is 2. The molecule has 2 nitrogen and oxygen atoms in total. The van der Waals surface area contributed by atoms with Crippen molar-refractivity contribution in [1.29, 1.82) is 0 Å². The van der Waals surface area contributed by atoms with E-state index in [4.69, 9.17) is 11.6 Å². The molecule has 1 aromatic heterocycles. The molecule has 0 aliphatic carbocycles. The molecule has 0 unspecified atom stereocenters. The third kappa shape index (κ3) is 6.35. The minimum atomic E-state index is 0.471. The van der Waals surface area contributed by atoms with Gasteiger partial charge in [-0.2, -0.15) is 0 Å². The summed E-state index contributed by atoms with van der Waals surface area (Å²) in [6, 6.07) is 20.8. The molecule has 0 amide bonds. The normalized spacial score (nSPS) is 16.2. The summed E-state index contributed by atoms with van der Waals surface area (Å²) >= 11 is 5.97. The number of likely N-dealkylation sites (tertiary alicyclic amines) is 1. The Morgan fingerprint density at radius 2 is 1.64 bits per heavy atom. The van der Waals surface area contributed by atoms with Gasteiger partial charge in [-0.15, -0.1) is 0 Å². The van der Waals surface area contributed by atoms with Crippen molar-refractivity contribution in [1.82, 2.24) is 9.88 Å². The lowest BCUT2D eigenvalue weighted by Gasteiger charge is -2.34. The van der Waals surface area contributed by atoms with Gasteiger partial charge in [0.15, 0.2) is 0 Å². The van der Waals surface area contributed by atoms with Crippen LogP contribution in [0.2, 0.25) is 5.02 Å². The molecule has 3 aromatic rings. The molecule has 1 aliphatic heterocycles. The van der Waals surface area contributed by atoms with Crippen LogP contribution in [-0.2, 0) is 0 Å². The zero-order valence-corrected chi connectivity index (χ0v) is 20.4. The number of benzene rings is 2. The molecule has 0 radical (unpaired) electrons. The summed E-state index contributed by atoms with van der Waals surface area (Å²) in [6.45, 7) is 9.28. The molecule has 2 aromatic carbocycles. The van der Waals surface area contributed by atoms with Crippen LogP contribution in [0.5, 0.6) is 0 Å². The first-order valence-corrected chi connectivity index (χ1v) is 12.1. The summed E-state index contributed by atoms with van der Waals surface area (Å²) in [5.41, 5.74) is 6.47. The number of halogens is 1. The molecule has 0 spiro atoms. The molecule has 1 atom stereocenters. The summed E-state index contributed by atoms with van der Waals surface area (Å²) in [5, 5.41) is 0.733. The van der Waals surface area contributed by atoms with Gasteiger partial charge in [-0.05, 0) is 98.6 Å². The van der Waals surface area contributed by atoms with Crippen molar-refractivity contribution in [3.8, 4) is 23.0 Å². The van der Waals surface area contributed by atoms with Gasteiger partial charge in [0.25, 0.3) is 0 Å². The van der Waals surface area contributed by atoms with Crippen LogP contribution >= 0.6 is 11.6 Å². The molecule has 0 N–H and O–H groups in total. The Labute approximate surface area is 203 Å². The number of allylic oxidation sites excluding steroid dienone is 1. The van der Waals surface area contributed by atoms with E-state index in [1.165, 1.54) is 37.1 Å². The van der Waals surface area contributed by atoms with Gasteiger partial charge < -0.3 is 0 Å². The van der Waals surface area contributed by atoms with Gasteiger partial charge in [0, 0.05) is 28.4 Å². The summed E-state index contributed by atoms with van der Waals surface area (Å²) in [7, 11) is 0. The van der Waals surface area contributed by atoms with Crippen molar-refractivity contribution < 1.29 is 0 Å². The molecule has 33 heavy (non-hydrogen) atoms. The van der Waals surface area contributed by atoms with E-state index < -0.39 is 0 Å². The zero-order valence-electron chi connectivity index (χ0n) is 19.7. The third-order valence-electron chi connectivity index (χ3n) is 6.50. The highest BCUT2D eigenvalue weighted by atomic mass is 35.5. The Morgan fingerprint density at radius 1 is 0.970 bits per heavy atom. The number of hydrogen-bond acceptors (Lipinski definition) is 2. The average Bonchev–Trinajstić information content (AvgIpc) is 2.84. The highest BCUT2D eigenvalue weighted by molar-refractivity contribution is 6.30. The predicted octanol–water partition coefficient (Wildman–Crippen LogP) is 7.33. The first-order valence-electron chi connectivity index (χ1n) is 11.7. The van der Waals surface area contributed by atoms with Crippen molar-refractivity contribution in [2.75, 3.05) is 13.1 Å². The van der Waals surface area contributed by atoms with E-state index >= 15 is 0 Å². The van der Waals surface area contributed by atoms with E-state index in [1.54, 1.807) is 0 Å². The first kappa shape index (κ1) is 23.3. The zero-order chi connectivity index (χ0) is 23.2. The Hall–Kier alpha value is -2.86. The number of aromatic nitrogens is 1. The van der Waals surface area contributed by atoms with Crippen LogP contribution in [0.25, 0.3) is 16.7 Å². The van der Waals surface area contributed by atoms with Crippen LogP contribution in [0.3, 0.4) is 0 Å². The fraction of sp³-hybridized carbons (Fsp3) is 0.300. The molecule has 3 heteroatoms. The van der Waals surface area contributed by atoms with Crippen LogP contribution in [0.4, 0.5) is 0 Å². The Bertz CT molecular complexity index is 1140. The van der Waals surface area contributed by atoms with Gasteiger partial charge in [0.2, 0.25) is 0 Å². The Kier molecular flexibility index (Phi) is 7.65. The molecule has 1 aliphatic rings. The third-order valence-corrected chi connectivity index (χ3v) is 6.75. The lowest BCUT2D eigenvalue weighted by Crippen LogP contribution is -2.38. The monoisotopic (exact) mass is 454 g/mol. The van der Waals surface area contributed by atoms with Crippen molar-refractivity contribution in [3.05, 3.63) is 94.8 Å². The van der Waals surface area contributed by atoms with E-state index in [1.807, 2.05) is 42.6 Å². The van der Waals surface area contributed by atoms with Crippen molar-refractivity contribution >= 4 is 17.2 Å². The topological polar surface area (TPSA) is 16.1 Å². The Balaban J connectivity index is 1.39. The van der Waals surface area contributed by atoms with Gasteiger partial charge in [-0.1, -0.05) is 60.9 Å². The number of rotatable bonds is 4. The van der Waals surface area contributed by atoms with Crippen molar-refractivity contribution in [2.45, 2.75) is 39.7 Å². The quantitative estimate of drug-likeness (QED) is 0.384. The SMILES string of the molecule is CC(=C[C@H](C)N1CCC(C)CC1)c1ccc(C#Cc2ccc(-c3ccc(Cl)cc3)cn2)cc1. The molecule has 0 bridgehead atoms. The second-order valence-electron chi connectivity index (χ2n) is 9.08. The molecular formula is C30H31ClN2. The summed E-state index contributed by atoms with van der Waals surface area (Å²) in [4.78, 5) is 7.09. The number of pyridine rings is 1. The lowest BCUT2D eigenvalue weighted by molar-refractivity contribution is 0.169. The number of piperidine rings is 1. The van der Waals surface area contributed by atoms with Crippen molar-refractivity contribution in [3.63, 3.8) is 0 Å². The summed E-state index contributed by atoms with van der Waals surface area (Å²) < 4.78 is 0. The first-order chi connectivity index (χ1) is 16.0. The molecule has 168 valence electrons. The smallest absolute Gasteiger partial charge is 0.113 e. The maximum absolute atomic E-state index is 5.97. The predicted molar refractivity (Wildman–Crippen MR) is 140 cm³/mol. The largest absolute Gasteiger partial charge is 0.297 e. The maximum Gasteiger partial charge on any atom is 0.113 e. The fourth-order valence-corrected chi connectivity index (χ4v) is 4.36. The fourth-order valence-electron chi connectivity index (χ4n) is 4.23. The summed E-state index contributed by atoms with van der Waals surface area (Å²) in [6.07, 6.45) is 6.87. The van der Waals surface area contributed by atoms with Gasteiger partial charge in [0.1, 0.15) is 5.69 Å². The van der Waals surface area contributed by atoms with E-state index in [0.717, 1.165) is 33.3 Å². The van der Waals surface area contributed by atoms with E-state index in [-0.39, 0.29) is 0 Å². The standard InChI is InChI=1S/C30H31ClN2/c1-22-16-18-33(19-17-22)24(3)20-23(2)26-7-4-25(5-8-26)6-14-30-15-11-28(21-32-30)27-9-12-29(31)13-10-27/h4-5,7-13,15,20-22,24H,16-19H2,1-3H3/t24-/m0/s1. The van der Waals surface area contributed by atoms with Crippen LogP contribution in [0.15, 0.2) is 72.9 Å². The molecule has 0 saturated carbocycles. The minimum Gasteiger partial charge on any atom is -0.297 e. The molecule has 4 rings (SSSR count). The van der Waals surface area contributed by atoms with Gasteiger partial charge in [-0.25, -0.2) is 4.98 Å². The lowest BCUT2D eigenvalue weighted by atomic mass is 9.97. The molecular weight excluding hydrogens is 424 g/mol. The maximum atomic E-state index is 5.97. The molecule has 1 saturated heterocycles. The van der Waals surface area contributed by atoms with E-state index in [9.17, 15) is 0 Å². The van der Waals surface area contributed by atoms with Gasteiger partial charge >= 0.3 is 0 Å². The van der Waals surface area contributed by atoms with E-state index in [2.05, 4.69) is 72.8 Å². The van der Waals surface area contributed by atoms with Crippen LogP contribution in [-0.4, -0.2) is 29.0 Å². The van der Waals surface area contributed by atoms with Crippen LogP contribution < -0.4 is 0 Å². The van der Waals surface area contributed by atoms with Crippen LogP contribution in [0, 0.1) is 17.8 Å². The van der Waals surface area contributed by atoms with E-state index in [0.29, 0.717) is 6.04 Å². The molecule has 2 heterocycles. The average molecular weight is 455 g/mol. The summed E-state index contributed by atoms with van der Waals surface area (Å²) in [5.74, 6) is 7.27. The highest BCUT2D eigenvalue weighted by Gasteiger charge is 2.19. The van der Waals surface area contributed by atoms with Gasteiger partial charge in [-0.3, -0.25) is 4.90 Å². The second-order valence-corrected chi connectivity index (χ2v) is 9.51. The van der Waals surface area contributed by atoms with Crippen molar-refractivity contribution in [2.24, 2.45) is 5.92 Å². The molecule has 1 fully saturated rings. The minimum absolute atomic E-state index is 0.471. The Morgan fingerprint density at radius 3 is 2.27 bits per heavy atom. The number of hydrogen-bond donors (Lipinski definition) is 0.